The zero-order chi connectivity index (χ0) is 15.5. The molecule has 0 radical (unpaired) electrons. The molecule has 1 aromatic carbocycles. The minimum absolute atomic E-state index is 0.0278. The molecule has 3 rings (SSSR count). The molecular weight excluding hydrogens is 280 g/mol. The molecule has 5 nitrogen and oxygen atoms in total. The Bertz CT molecular complexity index is 871. The number of carboxylic acids is 1. The Kier molecular flexibility index (Phi) is 3.53. The number of rotatable bonds is 3. The fourth-order valence-corrected chi connectivity index (χ4v) is 2.14. The lowest BCUT2D eigenvalue weighted by atomic mass is 10.1. The van der Waals surface area contributed by atoms with E-state index < -0.39 is 5.97 Å². The first-order valence-corrected chi connectivity index (χ1v) is 6.59. The van der Waals surface area contributed by atoms with Crippen LogP contribution >= 0.6 is 0 Å². The summed E-state index contributed by atoms with van der Waals surface area (Å²) in [4.78, 5) is 19.2. The van der Waals surface area contributed by atoms with Crippen molar-refractivity contribution in [3.05, 3.63) is 65.5 Å². The Morgan fingerprint density at radius 2 is 1.77 bits per heavy atom. The first-order valence-electron chi connectivity index (χ1n) is 6.59. The third-order valence-electron chi connectivity index (χ3n) is 3.23. The van der Waals surface area contributed by atoms with Gasteiger partial charge in [0.1, 0.15) is 0 Å². The molecule has 2 N–H and O–H groups in total. The van der Waals surface area contributed by atoms with Crippen molar-refractivity contribution in [3.63, 3.8) is 0 Å². The Balaban J connectivity index is 1.99. The lowest BCUT2D eigenvalue weighted by Gasteiger charge is -2.03. The minimum atomic E-state index is -0.976. The number of aromatic carboxylic acids is 1. The number of carbonyl (C=O) groups is 1. The summed E-state index contributed by atoms with van der Waals surface area (Å²) in [5.74, 6) is -1.00. The first kappa shape index (κ1) is 13.8. The maximum atomic E-state index is 11.3. The zero-order valence-electron chi connectivity index (χ0n) is 11.5. The molecule has 0 saturated carbocycles. The zero-order valence-corrected chi connectivity index (χ0v) is 11.5. The fourth-order valence-electron chi connectivity index (χ4n) is 2.14. The van der Waals surface area contributed by atoms with Crippen LogP contribution in [0.1, 0.15) is 21.5 Å². The van der Waals surface area contributed by atoms with E-state index in [1.807, 2.05) is 18.2 Å². The maximum absolute atomic E-state index is 11.3. The molecule has 5 heteroatoms. The predicted molar refractivity (Wildman–Crippen MR) is 83.5 cm³/mol. The lowest BCUT2D eigenvalue weighted by molar-refractivity contribution is 0.0699. The second kappa shape index (κ2) is 5.65. The highest BCUT2D eigenvalue weighted by Crippen LogP contribution is 2.20. The fraction of sp³-hybridized carbons (Fsp3) is 0. The molecule has 0 saturated heterocycles. The van der Waals surface area contributed by atoms with Crippen molar-refractivity contribution in [2.24, 2.45) is 0 Å². The molecule has 0 bridgehead atoms. The molecule has 0 aliphatic rings. The van der Waals surface area contributed by atoms with E-state index in [1.54, 1.807) is 24.4 Å². The van der Waals surface area contributed by atoms with Gasteiger partial charge in [0.05, 0.1) is 11.1 Å². The quantitative estimate of drug-likeness (QED) is 0.774. The number of benzene rings is 1. The predicted octanol–water partition coefficient (Wildman–Crippen LogP) is 3.20. The van der Waals surface area contributed by atoms with Gasteiger partial charge in [0.15, 0.2) is 0 Å². The SMILES string of the molecule is O=C(O)c1ccnc2ccc(C=Cc3ccc(O)nc3)cc12. The minimum Gasteiger partial charge on any atom is -0.493 e. The maximum Gasteiger partial charge on any atom is 0.336 e. The molecule has 108 valence electrons. The van der Waals surface area contributed by atoms with Crippen LogP contribution in [0.15, 0.2) is 48.8 Å². The molecular formula is C17H12N2O3. The lowest BCUT2D eigenvalue weighted by Crippen LogP contribution is -1.98. The number of pyridine rings is 2. The van der Waals surface area contributed by atoms with Gasteiger partial charge in [0.25, 0.3) is 0 Å². The molecule has 3 aromatic rings. The van der Waals surface area contributed by atoms with E-state index in [0.717, 1.165) is 11.1 Å². The standard InChI is InChI=1S/C17H12N2O3/c20-16-6-4-12(10-19-16)2-1-11-3-5-15-14(9-11)13(17(21)22)7-8-18-15/h1-10H,(H,19,20)(H,21,22). The van der Waals surface area contributed by atoms with Crippen LogP contribution in [0.4, 0.5) is 0 Å². The van der Waals surface area contributed by atoms with E-state index in [1.165, 1.54) is 18.3 Å². The van der Waals surface area contributed by atoms with Gasteiger partial charge in [-0.05, 0) is 35.4 Å². The van der Waals surface area contributed by atoms with E-state index in [-0.39, 0.29) is 11.4 Å². The summed E-state index contributed by atoms with van der Waals surface area (Å²) in [5, 5.41) is 19.0. The average Bonchev–Trinajstić information content (AvgIpc) is 2.53. The molecule has 0 unspecified atom stereocenters. The second-order valence-corrected chi connectivity index (χ2v) is 4.72. The van der Waals surface area contributed by atoms with Gasteiger partial charge in [-0.3, -0.25) is 4.98 Å². The van der Waals surface area contributed by atoms with Crippen molar-refractivity contribution in [1.82, 2.24) is 9.97 Å². The molecule has 0 amide bonds. The van der Waals surface area contributed by atoms with Crippen LogP contribution in [0.25, 0.3) is 23.1 Å². The van der Waals surface area contributed by atoms with E-state index >= 15 is 0 Å². The molecule has 0 atom stereocenters. The van der Waals surface area contributed by atoms with Crippen LogP contribution in [-0.2, 0) is 0 Å². The topological polar surface area (TPSA) is 83.3 Å². The second-order valence-electron chi connectivity index (χ2n) is 4.72. The van der Waals surface area contributed by atoms with Crippen LogP contribution in [0.2, 0.25) is 0 Å². The van der Waals surface area contributed by atoms with Gasteiger partial charge in [0, 0.05) is 23.8 Å². The Morgan fingerprint density at radius 1 is 1.00 bits per heavy atom. The van der Waals surface area contributed by atoms with Gasteiger partial charge in [0.2, 0.25) is 5.88 Å². The van der Waals surface area contributed by atoms with Gasteiger partial charge < -0.3 is 10.2 Å². The number of aromatic nitrogens is 2. The van der Waals surface area contributed by atoms with E-state index in [2.05, 4.69) is 9.97 Å². The van der Waals surface area contributed by atoms with E-state index in [9.17, 15) is 9.90 Å². The molecule has 22 heavy (non-hydrogen) atoms. The van der Waals surface area contributed by atoms with Crippen molar-refractivity contribution in [3.8, 4) is 5.88 Å². The smallest absolute Gasteiger partial charge is 0.336 e. The largest absolute Gasteiger partial charge is 0.493 e. The summed E-state index contributed by atoms with van der Waals surface area (Å²) < 4.78 is 0. The molecule has 0 spiro atoms. The third-order valence-corrected chi connectivity index (χ3v) is 3.23. The van der Waals surface area contributed by atoms with E-state index in [0.29, 0.717) is 10.9 Å². The van der Waals surface area contributed by atoms with Crippen molar-refractivity contribution in [1.29, 1.82) is 0 Å². The number of hydrogen-bond acceptors (Lipinski definition) is 4. The van der Waals surface area contributed by atoms with Crippen molar-refractivity contribution >= 4 is 29.0 Å². The van der Waals surface area contributed by atoms with Crippen LogP contribution in [0.5, 0.6) is 5.88 Å². The highest BCUT2D eigenvalue weighted by atomic mass is 16.4. The third kappa shape index (κ3) is 2.78. The summed E-state index contributed by atoms with van der Waals surface area (Å²) in [6.45, 7) is 0. The number of nitrogens with zero attached hydrogens (tertiary/aromatic N) is 2. The molecule has 0 aliphatic carbocycles. The monoisotopic (exact) mass is 292 g/mol. The Hall–Kier alpha value is -3.21. The number of hydrogen-bond donors (Lipinski definition) is 2. The van der Waals surface area contributed by atoms with Gasteiger partial charge >= 0.3 is 5.97 Å². The molecule has 0 fully saturated rings. The summed E-state index contributed by atoms with van der Waals surface area (Å²) in [6, 6.07) is 10.2. The van der Waals surface area contributed by atoms with Gasteiger partial charge in [-0.1, -0.05) is 18.2 Å². The summed E-state index contributed by atoms with van der Waals surface area (Å²) in [5.41, 5.74) is 2.56. The molecule has 0 aliphatic heterocycles. The summed E-state index contributed by atoms with van der Waals surface area (Å²) >= 11 is 0. The van der Waals surface area contributed by atoms with Crippen LogP contribution in [0.3, 0.4) is 0 Å². The van der Waals surface area contributed by atoms with Crippen molar-refractivity contribution < 1.29 is 15.0 Å². The number of aromatic hydroxyl groups is 1. The van der Waals surface area contributed by atoms with Crippen molar-refractivity contribution in [2.75, 3.05) is 0 Å². The Morgan fingerprint density at radius 3 is 2.50 bits per heavy atom. The van der Waals surface area contributed by atoms with Crippen molar-refractivity contribution in [2.45, 2.75) is 0 Å². The average molecular weight is 292 g/mol. The first-order chi connectivity index (χ1) is 10.6. The summed E-state index contributed by atoms with van der Waals surface area (Å²) in [7, 11) is 0. The van der Waals surface area contributed by atoms with Gasteiger partial charge in [-0.25, -0.2) is 9.78 Å². The van der Waals surface area contributed by atoms with Crippen LogP contribution < -0.4 is 0 Å². The highest BCUT2D eigenvalue weighted by Gasteiger charge is 2.08. The number of fused-ring (bicyclic) bond motifs is 1. The van der Waals surface area contributed by atoms with Crippen LogP contribution in [0, 0.1) is 0 Å². The summed E-state index contributed by atoms with van der Waals surface area (Å²) in [6.07, 6.45) is 6.73. The van der Waals surface area contributed by atoms with Gasteiger partial charge in [-0.15, -0.1) is 0 Å². The van der Waals surface area contributed by atoms with Crippen LogP contribution in [-0.4, -0.2) is 26.2 Å². The normalized spacial score (nSPS) is 11.1. The number of carboxylic acid groups (broad SMARTS) is 1. The molecule has 2 heterocycles. The Labute approximate surface area is 126 Å². The highest BCUT2D eigenvalue weighted by molar-refractivity contribution is 6.03. The van der Waals surface area contributed by atoms with E-state index in [4.69, 9.17) is 5.11 Å². The molecule has 2 aromatic heterocycles. The van der Waals surface area contributed by atoms with Gasteiger partial charge in [-0.2, -0.15) is 0 Å².